The monoisotopic (exact) mass is 280 g/mol. The van der Waals surface area contributed by atoms with Crippen molar-refractivity contribution in [3.63, 3.8) is 0 Å². The van der Waals surface area contributed by atoms with Crippen LogP contribution in [0.5, 0.6) is 0 Å². The highest BCUT2D eigenvalue weighted by Gasteiger charge is 2.70. The van der Waals surface area contributed by atoms with Crippen molar-refractivity contribution >= 4 is 10.2 Å². The predicted molar refractivity (Wildman–Crippen MR) is 31.4 cm³/mol. The third kappa shape index (κ3) is 2.74. The van der Waals surface area contributed by atoms with Gasteiger partial charge in [-0.2, -0.15) is 39.2 Å². The Hall–Kier alpha value is -1.07. The number of hydrogen-bond acceptors (Lipinski definition) is 3. The van der Waals surface area contributed by atoms with E-state index in [0.717, 1.165) is 0 Å². The van der Waals surface area contributed by atoms with Crippen molar-refractivity contribution < 1.29 is 47.8 Å². The van der Waals surface area contributed by atoms with Gasteiger partial charge in [-0.15, -0.1) is 0 Å². The molecule has 0 rings (SSSR count). The van der Waals surface area contributed by atoms with Gasteiger partial charge in [0.05, 0.1) is 0 Å². The quantitative estimate of drug-likeness (QED) is 0.453. The second kappa shape index (κ2) is 4.07. The lowest BCUT2D eigenvalue weighted by molar-refractivity contribution is -0.285. The number of ether oxygens (including phenoxy) is 1. The lowest BCUT2D eigenvalue weighted by atomic mass is 10.6. The fraction of sp³-hybridized carbons (Fsp3) is 0.500. The molecule has 96 valence electrons. The number of halogens is 8. The first-order valence-electron chi connectivity index (χ1n) is 2.92. The molecule has 0 spiro atoms. The Bertz CT molecular complexity index is 392. The molecule has 0 amide bonds. The summed E-state index contributed by atoms with van der Waals surface area (Å²) in [6.45, 7) is 0. The molecular formula is C4F8O3S. The third-order valence-corrected chi connectivity index (χ3v) is 1.96. The summed E-state index contributed by atoms with van der Waals surface area (Å²) >= 11 is 0. The van der Waals surface area contributed by atoms with Crippen LogP contribution < -0.4 is 0 Å². The Morgan fingerprint density at radius 2 is 1.38 bits per heavy atom. The molecule has 1 unspecified atom stereocenters. The average molecular weight is 280 g/mol. The van der Waals surface area contributed by atoms with E-state index < -0.39 is 33.7 Å². The first-order valence-corrected chi connectivity index (χ1v) is 4.31. The minimum atomic E-state index is -7.17. The van der Waals surface area contributed by atoms with Crippen LogP contribution in [-0.4, -0.2) is 19.8 Å². The molecule has 0 aliphatic heterocycles. The molecule has 16 heavy (non-hydrogen) atoms. The topological polar surface area (TPSA) is 43.4 Å². The first kappa shape index (κ1) is 14.9. The molecule has 12 heteroatoms. The predicted octanol–water partition coefficient (Wildman–Crippen LogP) is 2.52. The van der Waals surface area contributed by atoms with Crippen LogP contribution in [0.3, 0.4) is 0 Å². The van der Waals surface area contributed by atoms with Crippen LogP contribution in [0.15, 0.2) is 12.1 Å². The molecule has 0 saturated carbocycles. The fourth-order valence-electron chi connectivity index (χ4n) is 0.400. The maximum Gasteiger partial charge on any atom is 0.480 e. The van der Waals surface area contributed by atoms with Crippen molar-refractivity contribution in [1.29, 1.82) is 0 Å². The van der Waals surface area contributed by atoms with Gasteiger partial charge in [0, 0.05) is 0 Å². The molecule has 0 heterocycles. The van der Waals surface area contributed by atoms with Gasteiger partial charge in [-0.3, -0.25) is 0 Å². The maximum atomic E-state index is 12.5. The molecule has 0 bridgehead atoms. The zero-order valence-corrected chi connectivity index (χ0v) is 7.47. The Morgan fingerprint density at radius 3 is 1.56 bits per heavy atom. The van der Waals surface area contributed by atoms with Gasteiger partial charge in [0.15, 0.2) is 0 Å². The fourth-order valence-corrected chi connectivity index (χ4v) is 0.849. The van der Waals surface area contributed by atoms with E-state index in [2.05, 4.69) is 4.74 Å². The molecular weight excluding hydrogens is 280 g/mol. The van der Waals surface area contributed by atoms with E-state index in [4.69, 9.17) is 0 Å². The standard InChI is InChI=1S/C4F8O3S/c5-1(6)2(7)15-4(11,3(8,9)10)16(12,13)14. The number of hydrogen-bond donors (Lipinski definition) is 0. The Labute approximate surface area is 82.5 Å². The summed E-state index contributed by atoms with van der Waals surface area (Å²) in [6.07, 6.45) is -10.2. The van der Waals surface area contributed by atoms with Crippen LogP contribution >= 0.6 is 0 Å². The summed E-state index contributed by atoms with van der Waals surface area (Å²) in [4.78, 5) is 0. The molecule has 0 aromatic carbocycles. The highest BCUT2D eigenvalue weighted by atomic mass is 32.3. The summed E-state index contributed by atoms with van der Waals surface area (Å²) in [5, 5.41) is -6.23. The van der Waals surface area contributed by atoms with Crippen molar-refractivity contribution in [1.82, 2.24) is 0 Å². The average Bonchev–Trinajstić information content (AvgIpc) is 1.99. The highest BCUT2D eigenvalue weighted by molar-refractivity contribution is 7.87. The van der Waals surface area contributed by atoms with E-state index in [0.29, 0.717) is 0 Å². The highest BCUT2D eigenvalue weighted by Crippen LogP contribution is 2.42. The molecule has 0 aromatic rings. The molecule has 0 aliphatic carbocycles. The zero-order chi connectivity index (χ0) is 13.4. The molecule has 1 atom stereocenters. The van der Waals surface area contributed by atoms with E-state index in [-0.39, 0.29) is 0 Å². The van der Waals surface area contributed by atoms with Gasteiger partial charge in [-0.25, -0.2) is 0 Å². The molecule has 0 N–H and O–H groups in total. The normalized spacial score (nSPS) is 16.5. The van der Waals surface area contributed by atoms with Gasteiger partial charge < -0.3 is 4.74 Å². The molecule has 0 fully saturated rings. The lowest BCUT2D eigenvalue weighted by Crippen LogP contribution is -2.48. The van der Waals surface area contributed by atoms with Gasteiger partial charge in [0.1, 0.15) is 0 Å². The van der Waals surface area contributed by atoms with Crippen molar-refractivity contribution in [3.8, 4) is 0 Å². The lowest BCUT2D eigenvalue weighted by Gasteiger charge is -2.22. The van der Waals surface area contributed by atoms with E-state index in [1.807, 2.05) is 0 Å². The van der Waals surface area contributed by atoms with E-state index in [1.54, 1.807) is 0 Å². The largest absolute Gasteiger partial charge is 0.480 e. The van der Waals surface area contributed by atoms with Crippen LogP contribution in [0.2, 0.25) is 0 Å². The Kier molecular flexibility index (Phi) is 3.79. The summed E-state index contributed by atoms with van der Waals surface area (Å²) in [7, 11) is -7.17. The maximum absolute atomic E-state index is 12.5. The molecule has 3 nitrogen and oxygen atoms in total. The SMILES string of the molecule is O=S(=O)(F)C(F)(OC(F)=C(F)F)C(F)(F)F. The van der Waals surface area contributed by atoms with Crippen LogP contribution in [0.25, 0.3) is 0 Å². The molecule has 0 radical (unpaired) electrons. The van der Waals surface area contributed by atoms with Gasteiger partial charge >= 0.3 is 33.7 Å². The summed E-state index contributed by atoms with van der Waals surface area (Å²) in [5.41, 5.74) is 0. The van der Waals surface area contributed by atoms with Crippen LogP contribution in [0.1, 0.15) is 0 Å². The van der Waals surface area contributed by atoms with E-state index in [9.17, 15) is 43.0 Å². The van der Waals surface area contributed by atoms with Crippen molar-refractivity contribution in [2.75, 3.05) is 0 Å². The van der Waals surface area contributed by atoms with Crippen LogP contribution in [0.4, 0.5) is 34.6 Å². The van der Waals surface area contributed by atoms with E-state index in [1.165, 1.54) is 0 Å². The van der Waals surface area contributed by atoms with Gasteiger partial charge in [-0.05, 0) is 0 Å². The Balaban J connectivity index is 5.58. The molecule has 0 saturated heterocycles. The number of alkyl halides is 4. The summed E-state index contributed by atoms with van der Waals surface area (Å²) < 4.78 is 115. The second-order valence-electron chi connectivity index (χ2n) is 2.11. The minimum absolute atomic E-state index is 2.14. The zero-order valence-electron chi connectivity index (χ0n) is 6.66. The smallest absolute Gasteiger partial charge is 0.407 e. The third-order valence-electron chi connectivity index (χ3n) is 1.02. The van der Waals surface area contributed by atoms with Gasteiger partial charge in [-0.1, -0.05) is 3.89 Å². The van der Waals surface area contributed by atoms with Gasteiger partial charge in [0.2, 0.25) is 0 Å². The molecule has 0 aromatic heterocycles. The van der Waals surface area contributed by atoms with Crippen LogP contribution in [-0.2, 0) is 15.0 Å². The van der Waals surface area contributed by atoms with Gasteiger partial charge in [0.25, 0.3) is 0 Å². The minimum Gasteiger partial charge on any atom is -0.407 e. The Morgan fingerprint density at radius 1 is 1.00 bits per heavy atom. The summed E-state index contributed by atoms with van der Waals surface area (Å²) in [5.74, 6) is 0. The second-order valence-corrected chi connectivity index (χ2v) is 3.51. The van der Waals surface area contributed by atoms with Crippen molar-refractivity contribution in [2.45, 2.75) is 11.4 Å². The van der Waals surface area contributed by atoms with Crippen molar-refractivity contribution in [3.05, 3.63) is 12.1 Å². The molecule has 0 aliphatic rings. The number of rotatable bonds is 3. The van der Waals surface area contributed by atoms with E-state index >= 15 is 0 Å². The summed E-state index contributed by atoms with van der Waals surface area (Å²) in [6, 6.07) is -3.50. The van der Waals surface area contributed by atoms with Crippen molar-refractivity contribution in [2.24, 2.45) is 0 Å². The first-order chi connectivity index (χ1) is 6.83. The van der Waals surface area contributed by atoms with Crippen LogP contribution in [0, 0.1) is 0 Å².